The van der Waals surface area contributed by atoms with Gasteiger partial charge in [0, 0.05) is 37.0 Å². The summed E-state index contributed by atoms with van der Waals surface area (Å²) in [4.78, 5) is 24.1. The highest BCUT2D eigenvalue weighted by Gasteiger charge is 2.02. The summed E-state index contributed by atoms with van der Waals surface area (Å²) in [7, 11) is 3.23. The molecule has 0 aliphatic heterocycles. The zero-order valence-corrected chi connectivity index (χ0v) is 10.4. The molecule has 0 aromatic heterocycles. The molecule has 1 aromatic rings. The van der Waals surface area contributed by atoms with Crippen LogP contribution in [0, 0.1) is 0 Å². The van der Waals surface area contributed by atoms with Crippen LogP contribution in [0.25, 0.3) is 0 Å². The van der Waals surface area contributed by atoms with E-state index in [9.17, 15) is 9.59 Å². The zero-order valence-electron chi connectivity index (χ0n) is 9.61. The van der Waals surface area contributed by atoms with E-state index < -0.39 is 0 Å². The van der Waals surface area contributed by atoms with Crippen LogP contribution < -0.4 is 5.32 Å². The lowest BCUT2D eigenvalue weighted by Gasteiger charge is -2.08. The standard InChI is InChI=1S/C12H13ClN2O2/c1-15(2)12(17)14-8-7-11(16)9-3-5-10(13)6-4-9/h3-8H,1-2H3,(H,14,17)/b8-7+. The van der Waals surface area contributed by atoms with Crippen molar-refractivity contribution < 1.29 is 9.59 Å². The molecule has 0 saturated heterocycles. The Kier molecular flexibility index (Phi) is 4.72. The van der Waals surface area contributed by atoms with E-state index >= 15 is 0 Å². The van der Waals surface area contributed by atoms with Crippen LogP contribution in [0.1, 0.15) is 10.4 Å². The summed E-state index contributed by atoms with van der Waals surface area (Å²) in [5.74, 6) is -0.194. The third-order valence-electron chi connectivity index (χ3n) is 1.98. The van der Waals surface area contributed by atoms with Crippen LogP contribution in [0.2, 0.25) is 5.02 Å². The van der Waals surface area contributed by atoms with E-state index in [1.54, 1.807) is 38.4 Å². The number of carbonyl (C=O) groups excluding carboxylic acids is 2. The van der Waals surface area contributed by atoms with Crippen molar-refractivity contribution in [1.82, 2.24) is 10.2 Å². The largest absolute Gasteiger partial charge is 0.331 e. The molecule has 1 N–H and O–H groups in total. The van der Waals surface area contributed by atoms with Crippen molar-refractivity contribution in [2.24, 2.45) is 0 Å². The average Bonchev–Trinajstić information content (AvgIpc) is 2.29. The van der Waals surface area contributed by atoms with Gasteiger partial charge in [0.25, 0.3) is 0 Å². The predicted octanol–water partition coefficient (Wildman–Crippen LogP) is 2.31. The van der Waals surface area contributed by atoms with E-state index in [2.05, 4.69) is 5.32 Å². The Morgan fingerprint density at radius 1 is 1.24 bits per heavy atom. The van der Waals surface area contributed by atoms with E-state index in [-0.39, 0.29) is 11.8 Å². The molecule has 0 unspecified atom stereocenters. The normalized spacial score (nSPS) is 10.3. The van der Waals surface area contributed by atoms with Crippen molar-refractivity contribution in [2.75, 3.05) is 14.1 Å². The van der Waals surface area contributed by atoms with Gasteiger partial charge >= 0.3 is 6.03 Å². The lowest BCUT2D eigenvalue weighted by molar-refractivity contribution is 0.104. The molecule has 0 spiro atoms. The van der Waals surface area contributed by atoms with Gasteiger partial charge in [-0.05, 0) is 24.3 Å². The van der Waals surface area contributed by atoms with E-state index in [0.29, 0.717) is 10.6 Å². The molecule has 17 heavy (non-hydrogen) atoms. The van der Waals surface area contributed by atoms with Crippen LogP contribution in [0.5, 0.6) is 0 Å². The van der Waals surface area contributed by atoms with E-state index in [1.165, 1.54) is 17.2 Å². The Morgan fingerprint density at radius 3 is 2.35 bits per heavy atom. The number of nitrogens with one attached hydrogen (secondary N) is 1. The highest BCUT2D eigenvalue weighted by atomic mass is 35.5. The number of nitrogens with zero attached hydrogens (tertiary/aromatic N) is 1. The number of allylic oxidation sites excluding steroid dienone is 1. The Bertz CT molecular complexity index is 438. The van der Waals surface area contributed by atoms with Gasteiger partial charge in [-0.2, -0.15) is 0 Å². The molecule has 0 heterocycles. The first kappa shape index (κ1) is 13.3. The summed E-state index contributed by atoms with van der Waals surface area (Å²) < 4.78 is 0. The lowest BCUT2D eigenvalue weighted by Crippen LogP contribution is -2.30. The first-order valence-corrected chi connectivity index (χ1v) is 5.33. The van der Waals surface area contributed by atoms with Crippen LogP contribution in [0.4, 0.5) is 4.79 Å². The van der Waals surface area contributed by atoms with Gasteiger partial charge in [0.05, 0.1) is 0 Å². The van der Waals surface area contributed by atoms with E-state index in [4.69, 9.17) is 11.6 Å². The number of amides is 2. The molecule has 4 nitrogen and oxygen atoms in total. The third-order valence-corrected chi connectivity index (χ3v) is 2.23. The number of urea groups is 1. The Balaban J connectivity index is 2.58. The molecule has 0 saturated carbocycles. The molecule has 2 amide bonds. The van der Waals surface area contributed by atoms with Gasteiger partial charge in [0.15, 0.2) is 5.78 Å². The quantitative estimate of drug-likeness (QED) is 0.663. The molecule has 0 atom stereocenters. The number of hydrogen-bond acceptors (Lipinski definition) is 2. The monoisotopic (exact) mass is 252 g/mol. The summed E-state index contributed by atoms with van der Waals surface area (Å²) in [6.45, 7) is 0. The second-order valence-corrected chi connectivity index (χ2v) is 3.98. The summed E-state index contributed by atoms with van der Waals surface area (Å²) in [6, 6.07) is 6.25. The number of halogens is 1. The van der Waals surface area contributed by atoms with Crippen molar-refractivity contribution in [3.63, 3.8) is 0 Å². The minimum atomic E-state index is -0.287. The molecule has 90 valence electrons. The van der Waals surface area contributed by atoms with Crippen molar-refractivity contribution in [1.29, 1.82) is 0 Å². The molecule has 1 rings (SSSR count). The Labute approximate surface area is 105 Å². The van der Waals surface area contributed by atoms with Crippen molar-refractivity contribution in [3.8, 4) is 0 Å². The van der Waals surface area contributed by atoms with Crippen molar-refractivity contribution in [3.05, 3.63) is 47.1 Å². The molecule has 0 aliphatic rings. The summed E-state index contributed by atoms with van der Waals surface area (Å²) in [6.07, 6.45) is 2.61. The Morgan fingerprint density at radius 2 is 1.82 bits per heavy atom. The molecule has 1 aromatic carbocycles. The second kappa shape index (κ2) is 6.06. The smallest absolute Gasteiger partial charge is 0.320 e. The fraction of sp³-hybridized carbons (Fsp3) is 0.167. The summed E-state index contributed by atoms with van der Waals surface area (Å²) in [5, 5.41) is 3.03. The third kappa shape index (κ3) is 4.28. The highest BCUT2D eigenvalue weighted by molar-refractivity contribution is 6.30. The molecule has 0 bridgehead atoms. The maximum atomic E-state index is 11.6. The maximum absolute atomic E-state index is 11.6. The molecule has 5 heteroatoms. The van der Waals surface area contributed by atoms with E-state index in [1.807, 2.05) is 0 Å². The van der Waals surface area contributed by atoms with Gasteiger partial charge in [0.2, 0.25) is 0 Å². The van der Waals surface area contributed by atoms with Crippen LogP contribution in [-0.2, 0) is 0 Å². The van der Waals surface area contributed by atoms with Gasteiger partial charge in [-0.1, -0.05) is 11.6 Å². The average molecular weight is 253 g/mol. The fourth-order valence-corrected chi connectivity index (χ4v) is 1.15. The summed E-state index contributed by atoms with van der Waals surface area (Å²) in [5.41, 5.74) is 0.518. The zero-order chi connectivity index (χ0) is 12.8. The van der Waals surface area contributed by atoms with Gasteiger partial charge in [-0.25, -0.2) is 4.79 Å². The molecule has 0 radical (unpaired) electrons. The lowest BCUT2D eigenvalue weighted by atomic mass is 10.1. The van der Waals surface area contributed by atoms with Crippen LogP contribution >= 0.6 is 11.6 Å². The van der Waals surface area contributed by atoms with Crippen LogP contribution in [0.15, 0.2) is 36.5 Å². The highest BCUT2D eigenvalue weighted by Crippen LogP contribution is 2.10. The van der Waals surface area contributed by atoms with Crippen molar-refractivity contribution in [2.45, 2.75) is 0 Å². The van der Waals surface area contributed by atoms with Gasteiger partial charge in [-0.15, -0.1) is 0 Å². The SMILES string of the molecule is CN(C)C(=O)N/C=C/C(=O)c1ccc(Cl)cc1. The first-order valence-electron chi connectivity index (χ1n) is 4.95. The fourth-order valence-electron chi connectivity index (χ4n) is 1.03. The topological polar surface area (TPSA) is 49.4 Å². The van der Waals surface area contributed by atoms with Crippen LogP contribution in [0.3, 0.4) is 0 Å². The second-order valence-electron chi connectivity index (χ2n) is 3.55. The number of benzene rings is 1. The van der Waals surface area contributed by atoms with E-state index in [0.717, 1.165) is 0 Å². The van der Waals surface area contributed by atoms with Crippen molar-refractivity contribution >= 4 is 23.4 Å². The summed E-state index contributed by atoms with van der Waals surface area (Å²) >= 11 is 5.71. The van der Waals surface area contributed by atoms with Gasteiger partial charge in [-0.3, -0.25) is 4.79 Å². The Hall–Kier alpha value is -1.81. The minimum Gasteiger partial charge on any atom is -0.331 e. The minimum absolute atomic E-state index is 0.194. The predicted molar refractivity (Wildman–Crippen MR) is 67.1 cm³/mol. The molecule has 0 fully saturated rings. The van der Waals surface area contributed by atoms with Gasteiger partial charge < -0.3 is 10.2 Å². The van der Waals surface area contributed by atoms with Gasteiger partial charge in [0.1, 0.15) is 0 Å². The number of carbonyl (C=O) groups is 2. The molecule has 0 aliphatic carbocycles. The number of rotatable bonds is 3. The maximum Gasteiger partial charge on any atom is 0.320 e. The van der Waals surface area contributed by atoms with Crippen LogP contribution in [-0.4, -0.2) is 30.8 Å². The number of ketones is 1. The molecular formula is C12H13ClN2O2. The molecular weight excluding hydrogens is 240 g/mol. The number of hydrogen-bond donors (Lipinski definition) is 1. The first-order chi connectivity index (χ1) is 8.00.